The summed E-state index contributed by atoms with van der Waals surface area (Å²) in [6.07, 6.45) is 7.92. The van der Waals surface area contributed by atoms with Crippen LogP contribution in [0.3, 0.4) is 0 Å². The van der Waals surface area contributed by atoms with E-state index >= 15 is 0 Å². The molecule has 1 heterocycles. The van der Waals surface area contributed by atoms with E-state index < -0.39 is 0 Å². The van der Waals surface area contributed by atoms with Crippen LogP contribution in [-0.4, -0.2) is 25.2 Å². The number of esters is 2. The second-order valence-corrected chi connectivity index (χ2v) is 4.87. The molecule has 2 atom stereocenters. The second-order valence-electron chi connectivity index (χ2n) is 4.87. The van der Waals surface area contributed by atoms with Gasteiger partial charge in [-0.1, -0.05) is 26.2 Å². The number of hydrogen-bond acceptors (Lipinski definition) is 4. The van der Waals surface area contributed by atoms with E-state index in [4.69, 9.17) is 4.74 Å². The maximum absolute atomic E-state index is 11.1. The second kappa shape index (κ2) is 8.11. The highest BCUT2D eigenvalue weighted by Gasteiger charge is 2.39. The summed E-state index contributed by atoms with van der Waals surface area (Å²) >= 11 is 0. The maximum Gasteiger partial charge on any atom is 0.312 e. The molecule has 1 rings (SSSR count). The summed E-state index contributed by atoms with van der Waals surface area (Å²) < 4.78 is 9.69. The zero-order valence-corrected chi connectivity index (χ0v) is 11.4. The van der Waals surface area contributed by atoms with E-state index in [1.807, 2.05) is 6.92 Å². The van der Waals surface area contributed by atoms with Crippen LogP contribution < -0.4 is 0 Å². The van der Waals surface area contributed by atoms with E-state index in [2.05, 4.69) is 4.74 Å². The zero-order chi connectivity index (χ0) is 13.4. The fraction of sp³-hybridized carbons (Fsp3) is 0.857. The molecule has 0 saturated carbocycles. The Bertz CT molecular complexity index is 275. The van der Waals surface area contributed by atoms with E-state index in [1.54, 1.807) is 0 Å². The van der Waals surface area contributed by atoms with E-state index in [-0.39, 0.29) is 24.0 Å². The largest absolute Gasteiger partial charge is 0.469 e. The van der Waals surface area contributed by atoms with Crippen molar-refractivity contribution in [1.82, 2.24) is 0 Å². The molecule has 0 spiro atoms. The number of methoxy groups -OCH3 is 1. The van der Waals surface area contributed by atoms with Gasteiger partial charge in [-0.25, -0.2) is 0 Å². The first-order chi connectivity index (χ1) is 8.69. The van der Waals surface area contributed by atoms with Crippen LogP contribution in [0.2, 0.25) is 0 Å². The molecule has 0 bridgehead atoms. The Morgan fingerprint density at radius 3 is 2.50 bits per heavy atom. The molecule has 18 heavy (non-hydrogen) atoms. The lowest BCUT2D eigenvalue weighted by atomic mass is 9.90. The number of unbranched alkanes of at least 4 members (excludes halogenated alkanes) is 4. The molecule has 0 aromatic carbocycles. The third-order valence-corrected chi connectivity index (χ3v) is 3.56. The van der Waals surface area contributed by atoms with Crippen molar-refractivity contribution in [2.75, 3.05) is 7.11 Å². The minimum atomic E-state index is -0.123. The topological polar surface area (TPSA) is 52.6 Å². The van der Waals surface area contributed by atoms with Crippen LogP contribution in [0.25, 0.3) is 0 Å². The predicted octanol–water partition coefficient (Wildman–Crippen LogP) is 2.84. The summed E-state index contributed by atoms with van der Waals surface area (Å²) in [7, 11) is 1.42. The Kier molecular flexibility index (Phi) is 6.76. The fourth-order valence-corrected chi connectivity index (χ4v) is 2.34. The van der Waals surface area contributed by atoms with Crippen molar-refractivity contribution in [3.05, 3.63) is 0 Å². The van der Waals surface area contributed by atoms with E-state index in [0.717, 1.165) is 44.9 Å². The number of carbonyl (C=O) groups excluding carboxylic acids is 2. The molecule has 1 saturated heterocycles. The van der Waals surface area contributed by atoms with Crippen LogP contribution in [0.15, 0.2) is 0 Å². The zero-order valence-electron chi connectivity index (χ0n) is 11.4. The summed E-state index contributed by atoms with van der Waals surface area (Å²) in [5.41, 5.74) is 0. The molecule has 1 aliphatic heterocycles. The van der Waals surface area contributed by atoms with Gasteiger partial charge in [0.05, 0.1) is 13.0 Å². The number of cyclic esters (lactones) is 1. The fourth-order valence-electron chi connectivity index (χ4n) is 2.34. The van der Waals surface area contributed by atoms with E-state index in [9.17, 15) is 9.59 Å². The normalized spacial score (nSPS) is 22.2. The minimum Gasteiger partial charge on any atom is -0.469 e. The van der Waals surface area contributed by atoms with Gasteiger partial charge in [0, 0.05) is 6.42 Å². The highest BCUT2D eigenvalue weighted by Crippen LogP contribution is 2.29. The molecule has 0 radical (unpaired) electrons. The lowest BCUT2D eigenvalue weighted by Crippen LogP contribution is -2.44. The number of ether oxygens (including phenoxy) is 2. The van der Waals surface area contributed by atoms with Crippen LogP contribution in [0.4, 0.5) is 0 Å². The van der Waals surface area contributed by atoms with Crippen LogP contribution in [0.1, 0.15) is 58.3 Å². The Balaban J connectivity index is 1.90. The van der Waals surface area contributed by atoms with E-state index in [0.29, 0.717) is 6.42 Å². The van der Waals surface area contributed by atoms with Gasteiger partial charge in [-0.2, -0.15) is 0 Å². The molecular weight excluding hydrogens is 232 g/mol. The van der Waals surface area contributed by atoms with Gasteiger partial charge in [-0.3, -0.25) is 9.59 Å². The number of rotatable bonds is 9. The Morgan fingerprint density at radius 2 is 1.89 bits per heavy atom. The third kappa shape index (κ3) is 4.67. The summed E-state index contributed by atoms with van der Waals surface area (Å²) in [5, 5.41) is 0. The minimum absolute atomic E-state index is 0.0272. The molecule has 0 aromatic rings. The van der Waals surface area contributed by atoms with Crippen molar-refractivity contribution in [1.29, 1.82) is 0 Å². The molecule has 1 unspecified atom stereocenters. The van der Waals surface area contributed by atoms with Gasteiger partial charge in [-0.05, 0) is 25.7 Å². The summed E-state index contributed by atoms with van der Waals surface area (Å²) in [6, 6.07) is 0. The van der Waals surface area contributed by atoms with Gasteiger partial charge in [-0.15, -0.1) is 0 Å². The summed E-state index contributed by atoms with van der Waals surface area (Å²) in [6.45, 7) is 2.03. The number of hydrogen-bond donors (Lipinski definition) is 0. The van der Waals surface area contributed by atoms with Crippen molar-refractivity contribution in [3.8, 4) is 0 Å². The molecule has 0 N–H and O–H groups in total. The lowest BCUT2D eigenvalue weighted by Gasteiger charge is -2.34. The first kappa shape index (κ1) is 15.0. The molecule has 4 heteroatoms. The monoisotopic (exact) mass is 256 g/mol. The Morgan fingerprint density at radius 1 is 1.22 bits per heavy atom. The van der Waals surface area contributed by atoms with Crippen LogP contribution in [0.5, 0.6) is 0 Å². The first-order valence-electron chi connectivity index (χ1n) is 6.96. The SMILES string of the molecule is CCC1C(=O)O[C@H]1CCCCCCCC(=O)OC. The van der Waals surface area contributed by atoms with Gasteiger partial charge in [0.2, 0.25) is 0 Å². The van der Waals surface area contributed by atoms with Gasteiger partial charge in [0.25, 0.3) is 0 Å². The molecular formula is C14H24O4. The van der Waals surface area contributed by atoms with Gasteiger partial charge in [0.1, 0.15) is 6.10 Å². The molecule has 4 nitrogen and oxygen atoms in total. The predicted molar refractivity (Wildman–Crippen MR) is 68.0 cm³/mol. The van der Waals surface area contributed by atoms with Crippen molar-refractivity contribution in [2.45, 2.75) is 64.4 Å². The average Bonchev–Trinajstić information content (AvgIpc) is 2.36. The first-order valence-corrected chi connectivity index (χ1v) is 6.96. The molecule has 104 valence electrons. The highest BCUT2D eigenvalue weighted by atomic mass is 16.6. The Hall–Kier alpha value is -1.06. The quantitative estimate of drug-likeness (QED) is 0.470. The highest BCUT2D eigenvalue weighted by molar-refractivity contribution is 5.78. The number of carbonyl (C=O) groups is 2. The molecule has 0 aliphatic carbocycles. The standard InChI is InChI=1S/C14H24O4/c1-3-11-12(18-14(11)16)9-7-5-4-6-8-10-13(15)17-2/h11-12H,3-10H2,1-2H3/t11?,12-/m0/s1. The smallest absolute Gasteiger partial charge is 0.312 e. The van der Waals surface area contributed by atoms with Crippen LogP contribution >= 0.6 is 0 Å². The molecule has 1 fully saturated rings. The van der Waals surface area contributed by atoms with Gasteiger partial charge in [0.15, 0.2) is 0 Å². The van der Waals surface area contributed by atoms with Gasteiger partial charge >= 0.3 is 11.9 Å². The molecule has 0 aromatic heterocycles. The molecule has 0 amide bonds. The average molecular weight is 256 g/mol. The lowest BCUT2D eigenvalue weighted by molar-refractivity contribution is -0.185. The summed E-state index contributed by atoms with van der Waals surface area (Å²) in [5.74, 6) is -0.00734. The van der Waals surface area contributed by atoms with Crippen molar-refractivity contribution >= 4 is 11.9 Å². The van der Waals surface area contributed by atoms with Crippen LogP contribution in [0, 0.1) is 5.92 Å². The summed E-state index contributed by atoms with van der Waals surface area (Å²) in [4.78, 5) is 21.9. The van der Waals surface area contributed by atoms with Crippen molar-refractivity contribution < 1.29 is 19.1 Å². The third-order valence-electron chi connectivity index (χ3n) is 3.56. The molecule has 1 aliphatic rings. The maximum atomic E-state index is 11.1. The van der Waals surface area contributed by atoms with Crippen molar-refractivity contribution in [3.63, 3.8) is 0 Å². The van der Waals surface area contributed by atoms with E-state index in [1.165, 1.54) is 7.11 Å². The van der Waals surface area contributed by atoms with Crippen LogP contribution in [-0.2, 0) is 19.1 Å². The van der Waals surface area contributed by atoms with Crippen molar-refractivity contribution in [2.24, 2.45) is 5.92 Å². The van der Waals surface area contributed by atoms with Gasteiger partial charge < -0.3 is 9.47 Å². The Labute approximate surface area is 109 Å².